The molecule has 2 aliphatic heterocycles. The monoisotopic (exact) mass is 523 g/mol. The highest BCUT2D eigenvalue weighted by Gasteiger charge is 2.41. The Morgan fingerprint density at radius 3 is 2.56 bits per heavy atom. The number of carbonyl (C=O) groups is 2. The summed E-state index contributed by atoms with van der Waals surface area (Å²) in [7, 11) is -3.96. The maximum Gasteiger partial charge on any atom is 0.267 e. The predicted octanol–water partition coefficient (Wildman–Crippen LogP) is 3.27. The van der Waals surface area contributed by atoms with Crippen LogP contribution in [0, 0.1) is 0 Å². The van der Waals surface area contributed by atoms with Gasteiger partial charge < -0.3 is 9.80 Å². The number of thiophene rings is 2. The minimum absolute atomic E-state index is 0.0555. The molecule has 7 nitrogen and oxygen atoms in total. The normalized spacial score (nSPS) is 21.3. The van der Waals surface area contributed by atoms with Gasteiger partial charge in [0, 0.05) is 29.3 Å². The van der Waals surface area contributed by atoms with E-state index in [2.05, 4.69) is 4.72 Å². The number of nitrogens with zero attached hydrogens (tertiary/aromatic N) is 2. The Kier molecular flexibility index (Phi) is 6.61. The number of sulfonamides is 1. The van der Waals surface area contributed by atoms with Gasteiger partial charge in [-0.15, -0.1) is 22.7 Å². The van der Waals surface area contributed by atoms with Crippen LogP contribution in [-0.4, -0.2) is 68.2 Å². The Hall–Kier alpha value is -1.60. The molecular weight excluding hydrogens is 504 g/mol. The lowest BCUT2D eigenvalue weighted by Gasteiger charge is -2.33. The van der Waals surface area contributed by atoms with Crippen LogP contribution >= 0.6 is 34.3 Å². The molecule has 2 aliphatic rings. The number of rotatable bonds is 6. The summed E-state index contributed by atoms with van der Waals surface area (Å²) in [5.41, 5.74) is 0. The number of piperidine rings is 1. The molecule has 0 aromatic carbocycles. The molecule has 32 heavy (non-hydrogen) atoms. The van der Waals surface area contributed by atoms with E-state index in [-0.39, 0.29) is 23.8 Å². The van der Waals surface area contributed by atoms with E-state index in [9.17, 15) is 26.8 Å². The lowest BCUT2D eigenvalue weighted by molar-refractivity contribution is -0.143. The summed E-state index contributed by atoms with van der Waals surface area (Å²) in [6.07, 6.45) is 0.393. The number of amides is 2. The topological polar surface area (TPSA) is 86.8 Å². The van der Waals surface area contributed by atoms with Gasteiger partial charge in [-0.25, -0.2) is 17.2 Å². The first-order valence-electron chi connectivity index (χ1n) is 9.86. The molecule has 0 radical (unpaired) electrons. The van der Waals surface area contributed by atoms with Crippen molar-refractivity contribution in [2.75, 3.05) is 26.2 Å². The van der Waals surface area contributed by atoms with Crippen LogP contribution < -0.4 is 4.72 Å². The number of carbonyl (C=O) groups excluding carboxylic acids is 2. The third-order valence-electron chi connectivity index (χ3n) is 5.34. The third kappa shape index (κ3) is 5.14. The fourth-order valence-electron chi connectivity index (χ4n) is 3.71. The average Bonchev–Trinajstić information content (AvgIpc) is 3.44. The summed E-state index contributed by atoms with van der Waals surface area (Å²) in [6, 6.07) is 5.67. The van der Waals surface area contributed by atoms with E-state index in [4.69, 9.17) is 11.6 Å². The highest BCUT2D eigenvalue weighted by Crippen LogP contribution is 2.37. The van der Waals surface area contributed by atoms with E-state index < -0.39 is 46.8 Å². The molecule has 1 N–H and O–H groups in total. The summed E-state index contributed by atoms with van der Waals surface area (Å²) in [5.74, 6) is -3.99. The van der Waals surface area contributed by atoms with Gasteiger partial charge in [-0.1, -0.05) is 11.6 Å². The van der Waals surface area contributed by atoms with Crippen molar-refractivity contribution in [2.24, 2.45) is 0 Å². The molecular formula is C19H20ClF2N3O4S3. The van der Waals surface area contributed by atoms with Crippen molar-refractivity contribution in [2.45, 2.75) is 35.4 Å². The Balaban J connectivity index is 1.41. The van der Waals surface area contributed by atoms with E-state index in [1.54, 1.807) is 18.2 Å². The molecule has 0 spiro atoms. The maximum atomic E-state index is 13.4. The maximum absolute atomic E-state index is 13.4. The molecule has 0 aliphatic carbocycles. The minimum Gasteiger partial charge on any atom is -0.335 e. The second-order valence-corrected chi connectivity index (χ2v) is 12.5. The van der Waals surface area contributed by atoms with Crippen LogP contribution in [0.15, 0.2) is 28.5 Å². The van der Waals surface area contributed by atoms with E-state index in [1.807, 2.05) is 0 Å². The summed E-state index contributed by atoms with van der Waals surface area (Å²) in [4.78, 5) is 29.0. The molecule has 4 heterocycles. The molecule has 13 heteroatoms. The van der Waals surface area contributed by atoms with Gasteiger partial charge in [-0.05, 0) is 37.1 Å². The van der Waals surface area contributed by atoms with E-state index in [1.165, 1.54) is 22.3 Å². The van der Waals surface area contributed by atoms with Gasteiger partial charge in [0.25, 0.3) is 15.9 Å². The lowest BCUT2D eigenvalue weighted by Crippen LogP contribution is -2.54. The first-order chi connectivity index (χ1) is 15.0. The molecule has 0 saturated carbocycles. The molecule has 2 aromatic rings. The molecule has 2 saturated heterocycles. The van der Waals surface area contributed by atoms with Gasteiger partial charge >= 0.3 is 0 Å². The fraction of sp³-hybridized carbons (Fsp3) is 0.474. The van der Waals surface area contributed by atoms with Gasteiger partial charge in [0.2, 0.25) is 11.8 Å². The molecule has 1 atom stereocenters. The summed E-state index contributed by atoms with van der Waals surface area (Å²) in [5, 5.41) is 0. The van der Waals surface area contributed by atoms with Crippen molar-refractivity contribution in [1.82, 2.24) is 14.5 Å². The van der Waals surface area contributed by atoms with Gasteiger partial charge in [-0.3, -0.25) is 9.59 Å². The van der Waals surface area contributed by atoms with Crippen LogP contribution in [0.3, 0.4) is 0 Å². The van der Waals surface area contributed by atoms with Crippen LogP contribution in [0.1, 0.15) is 19.3 Å². The quantitative estimate of drug-likeness (QED) is 0.629. The summed E-state index contributed by atoms with van der Waals surface area (Å²) >= 11 is 8.35. The fourth-order valence-corrected chi connectivity index (χ4v) is 7.39. The van der Waals surface area contributed by atoms with Crippen molar-refractivity contribution in [3.8, 4) is 9.75 Å². The van der Waals surface area contributed by atoms with Crippen LogP contribution in [0.25, 0.3) is 9.75 Å². The third-order valence-corrected chi connectivity index (χ3v) is 9.81. The van der Waals surface area contributed by atoms with Gasteiger partial charge in [0.05, 0.1) is 17.4 Å². The second kappa shape index (κ2) is 8.98. The van der Waals surface area contributed by atoms with Crippen molar-refractivity contribution < 1.29 is 26.8 Å². The van der Waals surface area contributed by atoms with Crippen LogP contribution in [0.4, 0.5) is 8.78 Å². The van der Waals surface area contributed by atoms with Crippen LogP contribution in [0.5, 0.6) is 0 Å². The van der Waals surface area contributed by atoms with E-state index in [0.29, 0.717) is 17.2 Å². The highest BCUT2D eigenvalue weighted by molar-refractivity contribution is 7.91. The zero-order valence-electron chi connectivity index (χ0n) is 16.7. The predicted molar refractivity (Wildman–Crippen MR) is 119 cm³/mol. The molecule has 2 fully saturated rings. The van der Waals surface area contributed by atoms with Crippen LogP contribution in [0.2, 0.25) is 4.34 Å². The lowest BCUT2D eigenvalue weighted by atomic mass is 10.1. The highest BCUT2D eigenvalue weighted by atomic mass is 35.5. The van der Waals surface area contributed by atoms with Crippen molar-refractivity contribution in [3.05, 3.63) is 28.6 Å². The van der Waals surface area contributed by atoms with Crippen LogP contribution in [-0.2, 0) is 19.6 Å². The number of hydrogen-bond donors (Lipinski definition) is 1. The summed E-state index contributed by atoms with van der Waals surface area (Å²) < 4.78 is 55.6. The standard InChI is InChI=1S/C19H20ClF2N3O4S3/c20-15-5-3-13(30-15)14-4-6-17(31-14)32(28,29)23-12-2-1-8-24(18(12)27)10-16(26)25-9-7-19(21,22)11-25/h3-6,12,23H,1-2,7-11H2. The minimum atomic E-state index is -3.96. The molecule has 4 rings (SSSR count). The van der Waals surface area contributed by atoms with Crippen molar-refractivity contribution >= 4 is 56.1 Å². The Bertz CT molecular complexity index is 1130. The second-order valence-electron chi connectivity index (χ2n) is 7.72. The SMILES string of the molecule is O=C(CN1CCCC(NS(=O)(=O)c2ccc(-c3ccc(Cl)s3)s2)C1=O)N1CCC(F)(F)C1. The van der Waals surface area contributed by atoms with Gasteiger partial charge in [0.1, 0.15) is 10.3 Å². The van der Waals surface area contributed by atoms with Crippen molar-refractivity contribution in [3.63, 3.8) is 0 Å². The number of alkyl halides is 2. The molecule has 174 valence electrons. The Morgan fingerprint density at radius 1 is 1.19 bits per heavy atom. The van der Waals surface area contributed by atoms with Gasteiger partial charge in [0.15, 0.2) is 0 Å². The number of hydrogen-bond acceptors (Lipinski definition) is 6. The Morgan fingerprint density at radius 2 is 1.91 bits per heavy atom. The number of nitrogens with one attached hydrogen (secondary N) is 1. The first kappa shape index (κ1) is 23.6. The largest absolute Gasteiger partial charge is 0.335 e. The molecule has 2 amide bonds. The van der Waals surface area contributed by atoms with E-state index >= 15 is 0 Å². The zero-order valence-corrected chi connectivity index (χ0v) is 19.9. The van der Waals surface area contributed by atoms with E-state index in [0.717, 1.165) is 26.0 Å². The summed E-state index contributed by atoms with van der Waals surface area (Å²) in [6.45, 7) is -0.773. The smallest absolute Gasteiger partial charge is 0.267 e. The first-order valence-corrected chi connectivity index (χ1v) is 13.4. The molecule has 1 unspecified atom stereocenters. The number of likely N-dealkylation sites (tertiary alicyclic amines) is 2. The Labute approximate surface area is 197 Å². The molecule has 2 aromatic heterocycles. The molecule has 0 bridgehead atoms. The zero-order chi connectivity index (χ0) is 23.1. The number of halogens is 3. The average molecular weight is 524 g/mol. The van der Waals surface area contributed by atoms with Crippen molar-refractivity contribution in [1.29, 1.82) is 0 Å². The van der Waals surface area contributed by atoms with Gasteiger partial charge in [-0.2, -0.15) is 4.72 Å².